The van der Waals surface area contributed by atoms with E-state index in [4.69, 9.17) is 5.73 Å². The lowest BCUT2D eigenvalue weighted by Gasteiger charge is -2.31. The first-order chi connectivity index (χ1) is 9.19. The first-order valence-corrected chi connectivity index (χ1v) is 6.58. The maximum Gasteiger partial charge on any atom is 0.245 e. The fourth-order valence-electron chi connectivity index (χ4n) is 2.58. The van der Waals surface area contributed by atoms with Crippen LogP contribution in [-0.2, 0) is 4.79 Å². The molecular weight excluding hydrogens is 278 g/mol. The molecule has 0 unspecified atom stereocenters. The van der Waals surface area contributed by atoms with Gasteiger partial charge in [-0.2, -0.15) is 9.61 Å². The van der Waals surface area contributed by atoms with E-state index in [9.17, 15) is 4.79 Å². The number of aromatic nitrogens is 3. The van der Waals surface area contributed by atoms with Crippen LogP contribution in [0.15, 0.2) is 24.5 Å². The molecule has 108 valence electrons. The highest BCUT2D eigenvalue weighted by atomic mass is 35.5. The Kier molecular flexibility index (Phi) is 4.25. The fraction of sp³-hybridized carbons (Fsp3) is 0.462. The van der Waals surface area contributed by atoms with Crippen LogP contribution in [0.1, 0.15) is 32.1 Å². The average Bonchev–Trinajstić information content (AvgIpc) is 2.89. The standard InChI is InChI=1S/C13H17N5O.ClH/c14-13(6-2-1-3-7-13)12(19)17-11-4-8-15-10-5-9-16-18(10)11;/h4-5,8-9H,1-3,6-7,14H2,(H,17,19);1H. The van der Waals surface area contributed by atoms with E-state index in [0.717, 1.165) is 32.1 Å². The second-order valence-corrected chi connectivity index (χ2v) is 5.10. The predicted octanol–water partition coefficient (Wildman–Crippen LogP) is 1.75. The van der Waals surface area contributed by atoms with Crippen LogP contribution in [0.2, 0.25) is 0 Å². The van der Waals surface area contributed by atoms with Crippen LogP contribution in [0.4, 0.5) is 5.82 Å². The second kappa shape index (κ2) is 5.76. The number of nitrogens with one attached hydrogen (secondary N) is 1. The van der Waals surface area contributed by atoms with Crippen molar-refractivity contribution >= 4 is 29.8 Å². The van der Waals surface area contributed by atoms with Gasteiger partial charge in [0.15, 0.2) is 5.65 Å². The van der Waals surface area contributed by atoms with Crippen molar-refractivity contribution < 1.29 is 4.79 Å². The molecular formula is C13H18ClN5O. The summed E-state index contributed by atoms with van der Waals surface area (Å²) in [6.45, 7) is 0. The van der Waals surface area contributed by atoms with E-state index in [0.29, 0.717) is 11.5 Å². The number of carbonyl (C=O) groups excluding carboxylic acids is 1. The van der Waals surface area contributed by atoms with Crippen molar-refractivity contribution in [3.63, 3.8) is 0 Å². The molecule has 1 aliphatic carbocycles. The SMILES string of the molecule is Cl.NC1(C(=O)Nc2ccnc3ccnn23)CCCCC1. The van der Waals surface area contributed by atoms with Crippen molar-refractivity contribution in [3.8, 4) is 0 Å². The minimum Gasteiger partial charge on any atom is -0.317 e. The Hall–Kier alpha value is -1.66. The van der Waals surface area contributed by atoms with Crippen LogP contribution in [0.5, 0.6) is 0 Å². The van der Waals surface area contributed by atoms with Crippen LogP contribution in [-0.4, -0.2) is 26.0 Å². The summed E-state index contributed by atoms with van der Waals surface area (Å²) < 4.78 is 1.60. The first-order valence-electron chi connectivity index (χ1n) is 6.58. The van der Waals surface area contributed by atoms with Gasteiger partial charge in [0.1, 0.15) is 5.82 Å². The third-order valence-corrected chi connectivity index (χ3v) is 3.73. The number of fused-ring (bicyclic) bond motifs is 1. The van der Waals surface area contributed by atoms with Gasteiger partial charge >= 0.3 is 0 Å². The molecule has 3 N–H and O–H groups in total. The van der Waals surface area contributed by atoms with E-state index in [1.165, 1.54) is 0 Å². The molecule has 3 rings (SSSR count). The number of nitrogens with two attached hydrogens (primary N) is 1. The van der Waals surface area contributed by atoms with Crippen LogP contribution in [0.3, 0.4) is 0 Å². The van der Waals surface area contributed by atoms with Crippen molar-refractivity contribution in [1.29, 1.82) is 0 Å². The Morgan fingerprint density at radius 1 is 1.25 bits per heavy atom. The van der Waals surface area contributed by atoms with E-state index in [1.807, 2.05) is 0 Å². The Morgan fingerprint density at radius 2 is 2.00 bits per heavy atom. The molecule has 0 aliphatic heterocycles. The monoisotopic (exact) mass is 295 g/mol. The molecule has 0 spiro atoms. The summed E-state index contributed by atoms with van der Waals surface area (Å²) in [5.41, 5.74) is 6.16. The maximum atomic E-state index is 12.4. The van der Waals surface area contributed by atoms with E-state index in [1.54, 1.807) is 29.0 Å². The van der Waals surface area contributed by atoms with Gasteiger partial charge in [-0.15, -0.1) is 12.4 Å². The van der Waals surface area contributed by atoms with E-state index in [-0.39, 0.29) is 18.3 Å². The van der Waals surface area contributed by atoms with Gasteiger partial charge in [-0.25, -0.2) is 4.98 Å². The summed E-state index contributed by atoms with van der Waals surface area (Å²) >= 11 is 0. The summed E-state index contributed by atoms with van der Waals surface area (Å²) in [4.78, 5) is 16.5. The van der Waals surface area contributed by atoms with Crippen molar-refractivity contribution in [2.75, 3.05) is 5.32 Å². The average molecular weight is 296 g/mol. The minimum absolute atomic E-state index is 0. The Bertz CT molecular complexity index is 606. The van der Waals surface area contributed by atoms with Gasteiger partial charge < -0.3 is 11.1 Å². The molecule has 7 heteroatoms. The number of nitrogens with zero attached hydrogens (tertiary/aromatic N) is 3. The molecule has 0 aromatic carbocycles. The maximum absolute atomic E-state index is 12.4. The van der Waals surface area contributed by atoms with E-state index in [2.05, 4.69) is 15.4 Å². The smallest absolute Gasteiger partial charge is 0.245 e. The molecule has 6 nitrogen and oxygen atoms in total. The molecule has 1 amide bonds. The number of halogens is 1. The number of anilines is 1. The largest absolute Gasteiger partial charge is 0.317 e. The Labute approximate surface area is 123 Å². The lowest BCUT2D eigenvalue weighted by atomic mass is 9.82. The molecule has 20 heavy (non-hydrogen) atoms. The lowest BCUT2D eigenvalue weighted by molar-refractivity contribution is -0.122. The van der Waals surface area contributed by atoms with Gasteiger partial charge in [0.2, 0.25) is 5.91 Å². The molecule has 2 heterocycles. The van der Waals surface area contributed by atoms with Crippen LogP contribution in [0.25, 0.3) is 5.65 Å². The zero-order valence-electron chi connectivity index (χ0n) is 11.1. The van der Waals surface area contributed by atoms with E-state index < -0.39 is 5.54 Å². The molecule has 0 bridgehead atoms. The predicted molar refractivity (Wildman–Crippen MR) is 78.9 cm³/mol. The van der Waals surface area contributed by atoms with Crippen molar-refractivity contribution in [2.45, 2.75) is 37.6 Å². The van der Waals surface area contributed by atoms with Gasteiger partial charge in [-0.1, -0.05) is 19.3 Å². The van der Waals surface area contributed by atoms with Crippen molar-refractivity contribution in [1.82, 2.24) is 14.6 Å². The number of carbonyl (C=O) groups is 1. The van der Waals surface area contributed by atoms with Crippen LogP contribution in [0, 0.1) is 0 Å². The van der Waals surface area contributed by atoms with E-state index >= 15 is 0 Å². The first kappa shape index (κ1) is 14.7. The summed E-state index contributed by atoms with van der Waals surface area (Å²) in [6, 6.07) is 3.51. The quantitative estimate of drug-likeness (QED) is 0.884. The lowest BCUT2D eigenvalue weighted by Crippen LogP contribution is -2.52. The zero-order chi connectivity index (χ0) is 13.3. The third-order valence-electron chi connectivity index (χ3n) is 3.73. The molecule has 1 saturated carbocycles. The molecule has 2 aromatic rings. The van der Waals surface area contributed by atoms with Crippen LogP contribution < -0.4 is 11.1 Å². The highest BCUT2D eigenvalue weighted by molar-refractivity contribution is 5.97. The molecule has 1 aliphatic rings. The van der Waals surface area contributed by atoms with Gasteiger partial charge in [-0.05, 0) is 18.9 Å². The number of hydrogen-bond acceptors (Lipinski definition) is 4. The topological polar surface area (TPSA) is 85.3 Å². The molecule has 2 aromatic heterocycles. The summed E-state index contributed by atoms with van der Waals surface area (Å²) in [6.07, 6.45) is 7.96. The summed E-state index contributed by atoms with van der Waals surface area (Å²) in [7, 11) is 0. The van der Waals surface area contributed by atoms with Crippen LogP contribution >= 0.6 is 12.4 Å². The summed E-state index contributed by atoms with van der Waals surface area (Å²) in [5, 5.41) is 7.02. The Morgan fingerprint density at radius 3 is 2.75 bits per heavy atom. The Balaban J connectivity index is 0.00000147. The minimum atomic E-state index is -0.749. The van der Waals surface area contributed by atoms with Crippen molar-refractivity contribution in [3.05, 3.63) is 24.5 Å². The highest BCUT2D eigenvalue weighted by Gasteiger charge is 2.35. The number of amides is 1. The summed E-state index contributed by atoms with van der Waals surface area (Å²) in [5.74, 6) is 0.477. The molecule has 0 atom stereocenters. The third kappa shape index (κ3) is 2.62. The van der Waals surface area contributed by atoms with Gasteiger partial charge in [0.25, 0.3) is 0 Å². The highest BCUT2D eigenvalue weighted by Crippen LogP contribution is 2.27. The van der Waals surface area contributed by atoms with Gasteiger partial charge in [-0.3, -0.25) is 4.79 Å². The van der Waals surface area contributed by atoms with Gasteiger partial charge in [0, 0.05) is 12.3 Å². The fourth-order valence-corrected chi connectivity index (χ4v) is 2.58. The number of hydrogen-bond donors (Lipinski definition) is 2. The second-order valence-electron chi connectivity index (χ2n) is 5.10. The van der Waals surface area contributed by atoms with Gasteiger partial charge in [0.05, 0.1) is 11.7 Å². The van der Waals surface area contributed by atoms with Crippen molar-refractivity contribution in [2.24, 2.45) is 5.73 Å². The zero-order valence-corrected chi connectivity index (χ0v) is 11.9. The molecule has 0 saturated heterocycles. The normalized spacial score (nSPS) is 17.4. The molecule has 0 radical (unpaired) electrons. The molecule has 1 fully saturated rings. The number of rotatable bonds is 2.